The Labute approximate surface area is 146 Å². The molecule has 2 N–H and O–H groups in total. The van der Waals surface area contributed by atoms with E-state index in [2.05, 4.69) is 10.4 Å². The summed E-state index contributed by atoms with van der Waals surface area (Å²) in [6.07, 6.45) is 1.07. The minimum absolute atomic E-state index is 0.129. The number of nitrogens with zero attached hydrogens (tertiary/aromatic N) is 3. The van der Waals surface area contributed by atoms with Gasteiger partial charge in [-0.15, -0.1) is 0 Å². The number of aromatic nitrogens is 3. The van der Waals surface area contributed by atoms with E-state index in [-0.39, 0.29) is 18.5 Å². The van der Waals surface area contributed by atoms with Gasteiger partial charge in [0.1, 0.15) is 0 Å². The van der Waals surface area contributed by atoms with Crippen LogP contribution in [-0.2, 0) is 0 Å². The molecule has 2 aromatic heterocycles. The first-order chi connectivity index (χ1) is 12.0. The average Bonchev–Trinajstić information content (AvgIpc) is 3.03. The lowest BCUT2D eigenvalue weighted by atomic mass is 10.1. The zero-order chi connectivity index (χ0) is 18.0. The number of rotatable bonds is 5. The fourth-order valence-electron chi connectivity index (χ4n) is 2.68. The number of benzene rings is 1. The number of carbonyl (C=O) groups excluding carboxylic acids is 1. The number of carbonyl (C=O) groups is 1. The third-order valence-electron chi connectivity index (χ3n) is 3.93. The number of pyridine rings is 1. The van der Waals surface area contributed by atoms with E-state index in [1.165, 1.54) is 0 Å². The molecule has 3 rings (SSSR count). The van der Waals surface area contributed by atoms with Crippen molar-refractivity contribution in [2.75, 3.05) is 6.54 Å². The number of hydrogen-bond donors (Lipinski definition) is 2. The zero-order valence-electron chi connectivity index (χ0n) is 14.6. The van der Waals surface area contributed by atoms with Crippen molar-refractivity contribution in [3.63, 3.8) is 0 Å². The molecule has 6 heteroatoms. The maximum absolute atomic E-state index is 12.6. The highest BCUT2D eigenvalue weighted by Crippen LogP contribution is 2.26. The first-order valence-electron chi connectivity index (χ1n) is 8.37. The van der Waals surface area contributed by atoms with Crippen molar-refractivity contribution in [3.05, 3.63) is 48.2 Å². The molecule has 2 heterocycles. The molecule has 1 unspecified atom stereocenters. The summed E-state index contributed by atoms with van der Waals surface area (Å²) in [5.41, 5.74) is 2.85. The molecule has 0 radical (unpaired) electrons. The summed E-state index contributed by atoms with van der Waals surface area (Å²) in [7, 11) is 0. The highest BCUT2D eigenvalue weighted by Gasteiger charge is 2.18. The smallest absolute Gasteiger partial charge is 0.252 e. The lowest BCUT2D eigenvalue weighted by Crippen LogP contribution is -2.30. The normalized spacial score (nSPS) is 12.5. The molecule has 25 heavy (non-hydrogen) atoms. The summed E-state index contributed by atoms with van der Waals surface area (Å²) in [5, 5.41) is 17.3. The Balaban J connectivity index is 2.15. The van der Waals surface area contributed by atoms with E-state index in [0.29, 0.717) is 16.6 Å². The van der Waals surface area contributed by atoms with E-state index in [9.17, 15) is 9.90 Å². The van der Waals surface area contributed by atoms with Crippen molar-refractivity contribution >= 4 is 16.9 Å². The van der Waals surface area contributed by atoms with Gasteiger partial charge in [-0.05, 0) is 26.8 Å². The first-order valence-corrected chi connectivity index (χ1v) is 8.37. The van der Waals surface area contributed by atoms with Gasteiger partial charge in [0.05, 0.1) is 28.9 Å². The quantitative estimate of drug-likeness (QED) is 0.750. The summed E-state index contributed by atoms with van der Waals surface area (Å²) in [6, 6.07) is 11.6. The van der Waals surface area contributed by atoms with Gasteiger partial charge in [-0.25, -0.2) is 9.67 Å². The molecule has 0 saturated carbocycles. The van der Waals surface area contributed by atoms with E-state index >= 15 is 0 Å². The van der Waals surface area contributed by atoms with Gasteiger partial charge in [0.2, 0.25) is 0 Å². The second kappa shape index (κ2) is 7.03. The second-order valence-corrected chi connectivity index (χ2v) is 6.40. The van der Waals surface area contributed by atoms with Gasteiger partial charge in [0, 0.05) is 18.2 Å². The molecule has 6 nitrogen and oxygen atoms in total. The van der Waals surface area contributed by atoms with Crippen LogP contribution < -0.4 is 5.32 Å². The zero-order valence-corrected chi connectivity index (χ0v) is 14.6. The Morgan fingerprint density at radius 1 is 1.24 bits per heavy atom. The molecule has 0 aliphatic rings. The maximum Gasteiger partial charge on any atom is 0.252 e. The summed E-state index contributed by atoms with van der Waals surface area (Å²) >= 11 is 0. The average molecular weight is 338 g/mol. The molecular formula is C19H22N4O2. The van der Waals surface area contributed by atoms with Crippen molar-refractivity contribution in [1.82, 2.24) is 20.1 Å². The summed E-state index contributed by atoms with van der Waals surface area (Å²) < 4.78 is 1.81. The van der Waals surface area contributed by atoms with Crippen LogP contribution in [0.1, 0.15) is 37.2 Å². The summed E-state index contributed by atoms with van der Waals surface area (Å²) in [5.74, 6) is -0.242. The van der Waals surface area contributed by atoms with Crippen LogP contribution in [-0.4, -0.2) is 38.4 Å². The molecule has 0 bridgehead atoms. The predicted molar refractivity (Wildman–Crippen MR) is 97.4 cm³/mol. The van der Waals surface area contributed by atoms with Gasteiger partial charge in [0.15, 0.2) is 5.65 Å². The number of fused-ring (bicyclic) bond motifs is 1. The van der Waals surface area contributed by atoms with Gasteiger partial charge in [0.25, 0.3) is 5.91 Å². The maximum atomic E-state index is 12.6. The molecule has 1 amide bonds. The number of aliphatic hydroxyl groups excluding tert-OH is 1. The Morgan fingerprint density at radius 2 is 1.96 bits per heavy atom. The fraction of sp³-hybridized carbons (Fsp3) is 0.316. The van der Waals surface area contributed by atoms with Crippen LogP contribution in [0.25, 0.3) is 22.3 Å². The van der Waals surface area contributed by atoms with Crippen molar-refractivity contribution < 1.29 is 9.90 Å². The molecule has 0 aliphatic heterocycles. The molecule has 130 valence electrons. The first kappa shape index (κ1) is 17.1. The fourth-order valence-corrected chi connectivity index (χ4v) is 2.68. The monoisotopic (exact) mass is 338 g/mol. The van der Waals surface area contributed by atoms with E-state index < -0.39 is 6.10 Å². The van der Waals surface area contributed by atoms with Crippen LogP contribution in [0, 0.1) is 0 Å². The topological polar surface area (TPSA) is 80.0 Å². The van der Waals surface area contributed by atoms with Crippen molar-refractivity contribution in [1.29, 1.82) is 0 Å². The molecular weight excluding hydrogens is 316 g/mol. The minimum Gasteiger partial charge on any atom is -0.392 e. The Hall–Kier alpha value is -2.73. The Morgan fingerprint density at radius 3 is 2.60 bits per heavy atom. The summed E-state index contributed by atoms with van der Waals surface area (Å²) in [6.45, 7) is 5.88. The number of aliphatic hydroxyl groups is 1. The van der Waals surface area contributed by atoms with Crippen molar-refractivity contribution in [3.8, 4) is 11.3 Å². The second-order valence-electron chi connectivity index (χ2n) is 6.40. The van der Waals surface area contributed by atoms with Gasteiger partial charge in [-0.2, -0.15) is 5.10 Å². The molecule has 0 fully saturated rings. The molecule has 0 spiro atoms. The van der Waals surface area contributed by atoms with Crippen LogP contribution in [0.5, 0.6) is 0 Å². The van der Waals surface area contributed by atoms with E-state index in [0.717, 1.165) is 11.3 Å². The SMILES string of the molecule is CC(O)CNC(=O)c1cc(-c2ccccc2)nc2c1cnn2C(C)C. The van der Waals surface area contributed by atoms with Crippen LogP contribution in [0.15, 0.2) is 42.6 Å². The molecule has 1 aromatic carbocycles. The molecule has 0 aliphatic carbocycles. The molecule has 3 aromatic rings. The number of nitrogens with one attached hydrogen (secondary N) is 1. The number of hydrogen-bond acceptors (Lipinski definition) is 4. The third-order valence-corrected chi connectivity index (χ3v) is 3.93. The van der Waals surface area contributed by atoms with E-state index in [1.54, 1.807) is 19.2 Å². The van der Waals surface area contributed by atoms with Gasteiger partial charge in [-0.1, -0.05) is 30.3 Å². The van der Waals surface area contributed by atoms with Crippen LogP contribution in [0.4, 0.5) is 0 Å². The van der Waals surface area contributed by atoms with Gasteiger partial charge in [-0.3, -0.25) is 4.79 Å². The van der Waals surface area contributed by atoms with Gasteiger partial charge < -0.3 is 10.4 Å². The minimum atomic E-state index is -0.603. The summed E-state index contributed by atoms with van der Waals surface area (Å²) in [4.78, 5) is 17.4. The van der Waals surface area contributed by atoms with E-state index in [1.807, 2.05) is 48.9 Å². The van der Waals surface area contributed by atoms with E-state index in [4.69, 9.17) is 4.98 Å². The highest BCUT2D eigenvalue weighted by atomic mass is 16.3. The molecule has 1 atom stereocenters. The van der Waals surface area contributed by atoms with Crippen LogP contribution in [0.3, 0.4) is 0 Å². The highest BCUT2D eigenvalue weighted by molar-refractivity contribution is 6.06. The van der Waals surface area contributed by atoms with Crippen molar-refractivity contribution in [2.24, 2.45) is 0 Å². The largest absolute Gasteiger partial charge is 0.392 e. The lowest BCUT2D eigenvalue weighted by molar-refractivity contribution is 0.0925. The Kier molecular flexibility index (Phi) is 4.81. The standard InChI is InChI=1S/C19H22N4O2/c1-12(2)23-18-16(11-21-23)15(19(25)20-10-13(3)24)9-17(22-18)14-7-5-4-6-8-14/h4-9,11-13,24H,10H2,1-3H3,(H,20,25). The van der Waals surface area contributed by atoms with Crippen molar-refractivity contribution in [2.45, 2.75) is 32.9 Å². The van der Waals surface area contributed by atoms with Crippen LogP contribution >= 0.6 is 0 Å². The van der Waals surface area contributed by atoms with Crippen LogP contribution in [0.2, 0.25) is 0 Å². The molecule has 0 saturated heterocycles. The third kappa shape index (κ3) is 3.53. The lowest BCUT2D eigenvalue weighted by Gasteiger charge is -2.11. The number of amides is 1. The Bertz CT molecular complexity index is 885. The van der Waals surface area contributed by atoms with Gasteiger partial charge >= 0.3 is 0 Å². The predicted octanol–water partition coefficient (Wildman–Crippen LogP) is 2.79.